The van der Waals surface area contributed by atoms with Crippen LogP contribution in [0, 0.1) is 12.7 Å². The van der Waals surface area contributed by atoms with Crippen molar-refractivity contribution in [3.63, 3.8) is 0 Å². The van der Waals surface area contributed by atoms with E-state index >= 15 is 0 Å². The van der Waals surface area contributed by atoms with Crippen molar-refractivity contribution < 1.29 is 13.9 Å². The summed E-state index contributed by atoms with van der Waals surface area (Å²) in [5.74, 6) is -0.398. The number of halogens is 1. The van der Waals surface area contributed by atoms with E-state index in [1.54, 1.807) is 6.07 Å². The number of hydrogen-bond donors (Lipinski definition) is 0. The molecular weight excluding hydrogens is 365 g/mol. The fraction of sp³-hybridized carbons (Fsp3) is 0.240. The molecule has 1 aliphatic heterocycles. The van der Waals surface area contributed by atoms with E-state index in [4.69, 9.17) is 4.74 Å². The summed E-state index contributed by atoms with van der Waals surface area (Å²) in [5, 5.41) is 0. The third kappa shape index (κ3) is 3.94. The summed E-state index contributed by atoms with van der Waals surface area (Å²) in [6, 6.07) is 19.3. The van der Waals surface area contributed by atoms with E-state index in [1.807, 2.05) is 38.1 Å². The lowest BCUT2D eigenvalue weighted by Gasteiger charge is -2.13. The SMILES string of the molecule is CCOC(=O)CN1Cc2ccc(-c3cccc(-c4ccccc4F)c3C)cc2C1. The van der Waals surface area contributed by atoms with Crippen molar-refractivity contribution in [2.75, 3.05) is 13.2 Å². The Kier molecular flexibility index (Phi) is 5.45. The molecule has 0 bridgehead atoms. The lowest BCUT2D eigenvalue weighted by molar-refractivity contribution is -0.144. The van der Waals surface area contributed by atoms with E-state index in [0.717, 1.165) is 35.3 Å². The Hall–Kier alpha value is -2.98. The van der Waals surface area contributed by atoms with Crippen LogP contribution in [0.5, 0.6) is 0 Å². The Morgan fingerprint density at radius 2 is 1.69 bits per heavy atom. The summed E-state index contributed by atoms with van der Waals surface area (Å²) < 4.78 is 19.4. The van der Waals surface area contributed by atoms with Crippen LogP contribution in [-0.2, 0) is 22.6 Å². The van der Waals surface area contributed by atoms with Gasteiger partial charge in [-0.2, -0.15) is 0 Å². The minimum Gasteiger partial charge on any atom is -0.465 e. The Morgan fingerprint density at radius 1 is 0.966 bits per heavy atom. The molecular formula is C25H24FNO2. The molecule has 0 saturated heterocycles. The van der Waals surface area contributed by atoms with Crippen LogP contribution in [-0.4, -0.2) is 24.0 Å². The topological polar surface area (TPSA) is 29.5 Å². The molecule has 0 unspecified atom stereocenters. The lowest BCUT2D eigenvalue weighted by Crippen LogP contribution is -2.26. The minimum absolute atomic E-state index is 0.186. The van der Waals surface area contributed by atoms with Crippen LogP contribution in [0.4, 0.5) is 4.39 Å². The molecule has 0 N–H and O–H groups in total. The zero-order valence-corrected chi connectivity index (χ0v) is 16.7. The summed E-state index contributed by atoms with van der Waals surface area (Å²) >= 11 is 0. The molecule has 0 amide bonds. The van der Waals surface area contributed by atoms with E-state index in [0.29, 0.717) is 18.7 Å². The van der Waals surface area contributed by atoms with Crippen LogP contribution in [0.2, 0.25) is 0 Å². The van der Waals surface area contributed by atoms with Gasteiger partial charge in [-0.3, -0.25) is 9.69 Å². The highest BCUT2D eigenvalue weighted by atomic mass is 19.1. The van der Waals surface area contributed by atoms with Gasteiger partial charge in [-0.1, -0.05) is 48.5 Å². The first kappa shape index (κ1) is 19.3. The van der Waals surface area contributed by atoms with Gasteiger partial charge in [0.05, 0.1) is 13.2 Å². The minimum atomic E-state index is -0.212. The van der Waals surface area contributed by atoms with E-state index < -0.39 is 0 Å². The maximum atomic E-state index is 14.3. The first-order chi connectivity index (χ1) is 14.1. The number of carbonyl (C=O) groups is 1. The van der Waals surface area contributed by atoms with Gasteiger partial charge in [-0.05, 0) is 59.4 Å². The van der Waals surface area contributed by atoms with Gasteiger partial charge in [0.15, 0.2) is 0 Å². The van der Waals surface area contributed by atoms with E-state index in [1.165, 1.54) is 17.2 Å². The van der Waals surface area contributed by atoms with Gasteiger partial charge >= 0.3 is 5.97 Å². The molecule has 3 nitrogen and oxygen atoms in total. The van der Waals surface area contributed by atoms with Crippen molar-refractivity contribution in [1.29, 1.82) is 0 Å². The van der Waals surface area contributed by atoms with Crippen molar-refractivity contribution in [2.45, 2.75) is 26.9 Å². The third-order valence-electron chi connectivity index (χ3n) is 5.46. The van der Waals surface area contributed by atoms with Crippen molar-refractivity contribution in [1.82, 2.24) is 4.90 Å². The average Bonchev–Trinajstić information content (AvgIpc) is 3.10. The number of carbonyl (C=O) groups excluding carboxylic acids is 1. The number of rotatable bonds is 5. The van der Waals surface area contributed by atoms with Crippen molar-refractivity contribution >= 4 is 5.97 Å². The van der Waals surface area contributed by atoms with E-state index in [9.17, 15) is 9.18 Å². The maximum Gasteiger partial charge on any atom is 0.320 e. The highest BCUT2D eigenvalue weighted by Gasteiger charge is 2.22. The van der Waals surface area contributed by atoms with Crippen LogP contribution < -0.4 is 0 Å². The van der Waals surface area contributed by atoms with Crippen LogP contribution in [0.15, 0.2) is 60.7 Å². The molecule has 1 heterocycles. The fourth-order valence-electron chi connectivity index (χ4n) is 4.05. The molecule has 4 heteroatoms. The summed E-state index contributed by atoms with van der Waals surface area (Å²) in [4.78, 5) is 13.9. The summed E-state index contributed by atoms with van der Waals surface area (Å²) in [6.07, 6.45) is 0. The second-order valence-electron chi connectivity index (χ2n) is 7.39. The predicted octanol–water partition coefficient (Wildman–Crippen LogP) is 5.35. The fourth-order valence-corrected chi connectivity index (χ4v) is 4.05. The normalized spacial score (nSPS) is 13.3. The lowest BCUT2D eigenvalue weighted by atomic mass is 9.91. The quantitative estimate of drug-likeness (QED) is 0.551. The zero-order chi connectivity index (χ0) is 20.4. The molecule has 0 radical (unpaired) electrons. The second kappa shape index (κ2) is 8.18. The Bertz CT molecular complexity index is 1060. The molecule has 0 spiro atoms. The van der Waals surface area contributed by atoms with Gasteiger partial charge in [0.1, 0.15) is 5.82 Å². The molecule has 148 valence electrons. The van der Waals surface area contributed by atoms with Crippen LogP contribution in [0.1, 0.15) is 23.6 Å². The Labute approximate surface area is 170 Å². The maximum absolute atomic E-state index is 14.3. The molecule has 0 atom stereocenters. The Balaban J connectivity index is 1.63. The largest absolute Gasteiger partial charge is 0.465 e. The smallest absolute Gasteiger partial charge is 0.320 e. The monoisotopic (exact) mass is 389 g/mol. The molecule has 3 aromatic rings. The first-order valence-corrected chi connectivity index (χ1v) is 9.91. The zero-order valence-electron chi connectivity index (χ0n) is 16.7. The van der Waals surface area contributed by atoms with Gasteiger partial charge in [0, 0.05) is 18.7 Å². The number of benzene rings is 3. The van der Waals surface area contributed by atoms with E-state index in [-0.39, 0.29) is 11.8 Å². The van der Waals surface area contributed by atoms with Crippen molar-refractivity contribution in [2.24, 2.45) is 0 Å². The van der Waals surface area contributed by atoms with Crippen LogP contribution in [0.25, 0.3) is 22.3 Å². The highest BCUT2D eigenvalue weighted by molar-refractivity contribution is 5.79. The second-order valence-corrected chi connectivity index (χ2v) is 7.39. The number of hydrogen-bond acceptors (Lipinski definition) is 3. The molecule has 4 rings (SSSR count). The first-order valence-electron chi connectivity index (χ1n) is 9.91. The number of fused-ring (bicyclic) bond motifs is 1. The molecule has 0 aliphatic carbocycles. The predicted molar refractivity (Wildman–Crippen MR) is 113 cm³/mol. The molecule has 3 aromatic carbocycles. The number of ether oxygens (including phenoxy) is 1. The van der Waals surface area contributed by atoms with Gasteiger partial charge in [-0.25, -0.2) is 4.39 Å². The third-order valence-corrected chi connectivity index (χ3v) is 5.46. The summed E-state index contributed by atoms with van der Waals surface area (Å²) in [6.45, 7) is 6.05. The summed E-state index contributed by atoms with van der Waals surface area (Å²) in [5.41, 5.74) is 7.25. The van der Waals surface area contributed by atoms with Crippen molar-refractivity contribution in [3.8, 4) is 22.3 Å². The van der Waals surface area contributed by atoms with Gasteiger partial charge in [-0.15, -0.1) is 0 Å². The number of nitrogens with zero attached hydrogens (tertiary/aromatic N) is 1. The standard InChI is InChI=1S/C25H24FNO2/c1-3-29-25(28)16-27-14-19-12-11-18(13-20(19)15-27)21-8-6-9-22(17(21)2)23-7-4-5-10-24(23)26/h4-13H,3,14-16H2,1-2H3. The van der Waals surface area contributed by atoms with Crippen LogP contribution >= 0.6 is 0 Å². The highest BCUT2D eigenvalue weighted by Crippen LogP contribution is 2.35. The molecule has 0 saturated carbocycles. The van der Waals surface area contributed by atoms with Crippen LogP contribution in [0.3, 0.4) is 0 Å². The molecule has 29 heavy (non-hydrogen) atoms. The average molecular weight is 389 g/mol. The molecule has 0 aromatic heterocycles. The molecule has 1 aliphatic rings. The Morgan fingerprint density at radius 3 is 2.48 bits per heavy atom. The van der Waals surface area contributed by atoms with Gasteiger partial charge in [0.25, 0.3) is 0 Å². The van der Waals surface area contributed by atoms with Gasteiger partial charge < -0.3 is 4.74 Å². The number of esters is 1. The van der Waals surface area contributed by atoms with Gasteiger partial charge in [0.2, 0.25) is 0 Å². The molecule has 0 fully saturated rings. The summed E-state index contributed by atoms with van der Waals surface area (Å²) in [7, 11) is 0. The van der Waals surface area contributed by atoms with E-state index in [2.05, 4.69) is 29.2 Å². The van der Waals surface area contributed by atoms with Crippen molar-refractivity contribution in [3.05, 3.63) is 83.2 Å².